The molecule has 0 aliphatic carbocycles. The Morgan fingerprint density at radius 1 is 0.654 bits per heavy atom. The molecule has 0 fully saturated rings. The van der Waals surface area contributed by atoms with Gasteiger partial charge in [0.1, 0.15) is 0 Å². The molecule has 3 N–H and O–H groups in total. The maximum absolute atomic E-state index is 9.67. The van der Waals surface area contributed by atoms with E-state index >= 15 is 0 Å². The summed E-state index contributed by atoms with van der Waals surface area (Å²) in [5.74, 6) is 0. The zero-order valence-corrected chi connectivity index (χ0v) is 13.9. The van der Waals surface area contributed by atoms with Crippen molar-refractivity contribution in [2.24, 2.45) is 0 Å². The number of aliphatic hydroxyl groups excluding tert-OH is 1. The number of aromatic amines is 2. The van der Waals surface area contributed by atoms with Crippen molar-refractivity contribution in [1.82, 2.24) is 19.9 Å². The summed E-state index contributed by atoms with van der Waals surface area (Å²) < 4.78 is 0. The van der Waals surface area contributed by atoms with Crippen molar-refractivity contribution >= 4 is 46.4 Å². The SMILES string of the molecule is OCc1cc2cc3nc(cc4nc(cc5ccc(cc1[nH]2)[nH]5)C=C4)C=C3. The Morgan fingerprint density at radius 2 is 1.23 bits per heavy atom. The molecule has 0 radical (unpaired) electrons. The summed E-state index contributed by atoms with van der Waals surface area (Å²) in [4.78, 5) is 15.9. The number of rotatable bonds is 1. The van der Waals surface area contributed by atoms with Gasteiger partial charge in [-0.25, -0.2) is 9.97 Å². The Hall–Kier alpha value is -3.44. The van der Waals surface area contributed by atoms with E-state index in [2.05, 4.69) is 19.9 Å². The standard InChI is InChI=1S/C21H16N4O/c26-12-13-7-20-10-18-4-3-16(23-18)8-14-1-2-15(22-14)9-17-5-6-19(24-17)11-21(13)25-20/h1-11,24-26H,12H2. The molecule has 5 nitrogen and oxygen atoms in total. The van der Waals surface area contributed by atoms with Gasteiger partial charge in [0.25, 0.3) is 0 Å². The second-order valence-corrected chi connectivity index (χ2v) is 6.36. The number of aromatic nitrogens is 4. The third-order valence-electron chi connectivity index (χ3n) is 4.42. The highest BCUT2D eigenvalue weighted by Crippen LogP contribution is 2.19. The van der Waals surface area contributed by atoms with Gasteiger partial charge < -0.3 is 15.1 Å². The fourth-order valence-corrected chi connectivity index (χ4v) is 3.21. The molecule has 126 valence electrons. The number of aliphatic hydroxyl groups is 1. The van der Waals surface area contributed by atoms with Crippen LogP contribution in [0.2, 0.25) is 0 Å². The second kappa shape index (κ2) is 5.82. The maximum atomic E-state index is 9.67. The van der Waals surface area contributed by atoms with Crippen LogP contribution in [-0.4, -0.2) is 25.0 Å². The Bertz CT molecular complexity index is 1230. The van der Waals surface area contributed by atoms with Crippen molar-refractivity contribution in [3.8, 4) is 0 Å². The normalized spacial score (nSPS) is 12.7. The molecule has 3 aromatic heterocycles. The van der Waals surface area contributed by atoms with E-state index in [1.807, 2.05) is 66.8 Å². The summed E-state index contributed by atoms with van der Waals surface area (Å²) in [7, 11) is 0. The first-order valence-electron chi connectivity index (χ1n) is 8.43. The van der Waals surface area contributed by atoms with Crippen LogP contribution in [0.5, 0.6) is 0 Å². The van der Waals surface area contributed by atoms with Crippen molar-refractivity contribution < 1.29 is 5.11 Å². The molecule has 0 atom stereocenters. The zero-order valence-electron chi connectivity index (χ0n) is 13.9. The quantitative estimate of drug-likeness (QED) is 0.429. The van der Waals surface area contributed by atoms with Gasteiger partial charge in [0.2, 0.25) is 0 Å². The summed E-state index contributed by atoms with van der Waals surface area (Å²) in [6.45, 7) is -0.0246. The third kappa shape index (κ3) is 2.74. The Balaban J connectivity index is 1.86. The van der Waals surface area contributed by atoms with Gasteiger partial charge in [-0.2, -0.15) is 0 Å². The van der Waals surface area contributed by atoms with Crippen molar-refractivity contribution in [3.05, 3.63) is 70.8 Å². The van der Waals surface area contributed by atoms with Gasteiger partial charge in [0.15, 0.2) is 0 Å². The lowest BCUT2D eigenvalue weighted by atomic mass is 10.2. The lowest BCUT2D eigenvalue weighted by molar-refractivity contribution is 0.283. The van der Waals surface area contributed by atoms with Gasteiger partial charge in [0.05, 0.1) is 29.4 Å². The van der Waals surface area contributed by atoms with Crippen LogP contribution < -0.4 is 0 Å². The van der Waals surface area contributed by atoms with E-state index < -0.39 is 0 Å². The Kier molecular flexibility index (Phi) is 3.33. The van der Waals surface area contributed by atoms with Crippen LogP contribution in [0, 0.1) is 0 Å². The van der Waals surface area contributed by atoms with Gasteiger partial charge >= 0.3 is 0 Å². The smallest absolute Gasteiger partial charge is 0.0702 e. The summed E-state index contributed by atoms with van der Waals surface area (Å²) in [6.07, 6.45) is 7.93. The molecule has 2 aliphatic rings. The molecule has 5 rings (SSSR count). The van der Waals surface area contributed by atoms with E-state index in [4.69, 9.17) is 0 Å². The van der Waals surface area contributed by atoms with Crippen molar-refractivity contribution in [3.63, 3.8) is 0 Å². The predicted octanol–water partition coefficient (Wildman–Crippen LogP) is 4.15. The maximum Gasteiger partial charge on any atom is 0.0702 e. The largest absolute Gasteiger partial charge is 0.392 e. The van der Waals surface area contributed by atoms with Crippen LogP contribution in [0.3, 0.4) is 0 Å². The molecule has 3 aromatic rings. The first-order valence-corrected chi connectivity index (χ1v) is 8.43. The summed E-state index contributed by atoms with van der Waals surface area (Å²) in [5, 5.41) is 9.67. The second-order valence-electron chi connectivity index (χ2n) is 6.36. The molecule has 2 aliphatic heterocycles. The Labute approximate surface area is 149 Å². The van der Waals surface area contributed by atoms with E-state index in [9.17, 15) is 5.11 Å². The molecule has 5 heteroatoms. The minimum absolute atomic E-state index is 0.0246. The van der Waals surface area contributed by atoms with Crippen molar-refractivity contribution in [2.45, 2.75) is 6.61 Å². The number of nitrogens with one attached hydrogen (secondary N) is 2. The van der Waals surface area contributed by atoms with Crippen LogP contribution in [0.1, 0.15) is 28.3 Å². The van der Waals surface area contributed by atoms with Crippen LogP contribution in [0.15, 0.2) is 42.5 Å². The molecule has 5 heterocycles. The summed E-state index contributed by atoms with van der Waals surface area (Å²) >= 11 is 0. The fraction of sp³-hybridized carbons (Fsp3) is 0.0476. The van der Waals surface area contributed by atoms with E-state index in [-0.39, 0.29) is 6.61 Å². The van der Waals surface area contributed by atoms with E-state index in [1.165, 1.54) is 0 Å². The number of hydrogen-bond donors (Lipinski definition) is 3. The van der Waals surface area contributed by atoms with Gasteiger partial charge in [0, 0.05) is 27.6 Å². The highest BCUT2D eigenvalue weighted by atomic mass is 16.3. The third-order valence-corrected chi connectivity index (χ3v) is 4.42. The lowest BCUT2D eigenvalue weighted by Gasteiger charge is -1.88. The minimum Gasteiger partial charge on any atom is -0.392 e. The molecule has 0 unspecified atom stereocenters. The van der Waals surface area contributed by atoms with E-state index in [0.29, 0.717) is 0 Å². The summed E-state index contributed by atoms with van der Waals surface area (Å²) in [5.41, 5.74) is 8.09. The van der Waals surface area contributed by atoms with E-state index in [0.717, 1.165) is 50.4 Å². The highest BCUT2D eigenvalue weighted by molar-refractivity contribution is 5.78. The Morgan fingerprint density at radius 3 is 1.88 bits per heavy atom. The average molecular weight is 340 g/mol. The number of fused-ring (bicyclic) bond motifs is 8. The van der Waals surface area contributed by atoms with Crippen LogP contribution in [0.25, 0.3) is 46.4 Å². The first-order chi connectivity index (χ1) is 12.7. The molecule has 0 saturated heterocycles. The van der Waals surface area contributed by atoms with E-state index in [1.54, 1.807) is 0 Å². The molecule has 8 bridgehead atoms. The molecular weight excluding hydrogens is 324 g/mol. The van der Waals surface area contributed by atoms with Crippen molar-refractivity contribution in [2.75, 3.05) is 0 Å². The molecule has 0 spiro atoms. The van der Waals surface area contributed by atoms with Gasteiger partial charge in [-0.1, -0.05) is 0 Å². The monoisotopic (exact) mass is 340 g/mol. The predicted molar refractivity (Wildman–Crippen MR) is 105 cm³/mol. The molecular formula is C21H16N4O. The highest BCUT2D eigenvalue weighted by Gasteiger charge is 2.04. The number of hydrogen-bond acceptors (Lipinski definition) is 3. The van der Waals surface area contributed by atoms with Crippen LogP contribution >= 0.6 is 0 Å². The molecule has 26 heavy (non-hydrogen) atoms. The average Bonchev–Trinajstić information content (AvgIpc) is 3.39. The summed E-state index contributed by atoms with van der Waals surface area (Å²) in [6, 6.07) is 13.9. The molecule has 0 saturated carbocycles. The minimum atomic E-state index is -0.0246. The van der Waals surface area contributed by atoms with Gasteiger partial charge in [-0.15, -0.1) is 0 Å². The molecule has 0 amide bonds. The first kappa shape index (κ1) is 14.9. The van der Waals surface area contributed by atoms with Gasteiger partial charge in [-0.05, 0) is 66.8 Å². The zero-order chi connectivity index (χ0) is 17.5. The molecule has 0 aromatic carbocycles. The fourth-order valence-electron chi connectivity index (χ4n) is 3.21. The lowest BCUT2D eigenvalue weighted by Crippen LogP contribution is -1.78. The van der Waals surface area contributed by atoms with Crippen molar-refractivity contribution in [1.29, 1.82) is 0 Å². The van der Waals surface area contributed by atoms with Crippen LogP contribution in [0.4, 0.5) is 0 Å². The van der Waals surface area contributed by atoms with Gasteiger partial charge in [-0.3, -0.25) is 0 Å². The topological polar surface area (TPSA) is 77.6 Å². The number of H-pyrrole nitrogens is 2. The van der Waals surface area contributed by atoms with Crippen LogP contribution in [-0.2, 0) is 6.61 Å². The number of nitrogens with zero attached hydrogens (tertiary/aromatic N) is 2.